The minimum atomic E-state index is -0.719. The van der Waals surface area contributed by atoms with Gasteiger partial charge in [0, 0.05) is 17.5 Å². The Labute approximate surface area is 162 Å². The molecule has 5 nitrogen and oxygen atoms in total. The Morgan fingerprint density at radius 1 is 1.11 bits per heavy atom. The van der Waals surface area contributed by atoms with Gasteiger partial charge in [-0.25, -0.2) is 4.98 Å². The van der Waals surface area contributed by atoms with Crippen LogP contribution >= 0.6 is 11.3 Å². The second kappa shape index (κ2) is 7.40. The van der Waals surface area contributed by atoms with Crippen molar-refractivity contribution in [1.29, 1.82) is 0 Å². The summed E-state index contributed by atoms with van der Waals surface area (Å²) in [5.41, 5.74) is 2.50. The lowest BCUT2D eigenvalue weighted by Gasteiger charge is -2.30. The Balaban J connectivity index is 1.43. The van der Waals surface area contributed by atoms with Crippen LogP contribution in [0.4, 0.5) is 5.13 Å². The van der Waals surface area contributed by atoms with E-state index in [0.29, 0.717) is 16.6 Å². The van der Waals surface area contributed by atoms with Crippen molar-refractivity contribution in [2.75, 3.05) is 5.32 Å². The van der Waals surface area contributed by atoms with Crippen molar-refractivity contribution in [1.82, 2.24) is 4.98 Å². The first kappa shape index (κ1) is 17.5. The van der Waals surface area contributed by atoms with E-state index >= 15 is 0 Å². The summed E-state index contributed by atoms with van der Waals surface area (Å²) in [6, 6.07) is 15.6. The van der Waals surface area contributed by atoms with Crippen LogP contribution in [0.1, 0.15) is 22.9 Å². The Bertz CT molecular complexity index is 969. The second-order valence-electron chi connectivity index (χ2n) is 6.53. The first-order valence-corrected chi connectivity index (χ1v) is 9.64. The van der Waals surface area contributed by atoms with Gasteiger partial charge in [0.2, 0.25) is 6.10 Å². The van der Waals surface area contributed by atoms with E-state index in [2.05, 4.69) is 29.4 Å². The van der Waals surface area contributed by atoms with Gasteiger partial charge in [-0.1, -0.05) is 36.4 Å². The molecular formula is C21H20N2O3S. The zero-order chi connectivity index (χ0) is 18.8. The number of carbonyl (C=O) groups is 1. The molecule has 27 heavy (non-hydrogen) atoms. The highest BCUT2D eigenvalue weighted by molar-refractivity contribution is 7.15. The molecule has 0 aliphatic carbocycles. The number of carbonyl (C=O) groups excluding carboxylic acids is 1. The number of rotatable bonds is 4. The predicted molar refractivity (Wildman–Crippen MR) is 106 cm³/mol. The Kier molecular flexibility index (Phi) is 4.81. The van der Waals surface area contributed by atoms with Gasteiger partial charge in [-0.3, -0.25) is 10.1 Å². The molecule has 3 aromatic rings. The lowest BCUT2D eigenvalue weighted by Crippen LogP contribution is -2.46. The maximum Gasteiger partial charge on any atom is 0.271 e. The molecule has 0 saturated carbocycles. The number of thiazole rings is 1. The van der Waals surface area contributed by atoms with E-state index in [1.807, 2.05) is 43.5 Å². The van der Waals surface area contributed by atoms with Gasteiger partial charge >= 0.3 is 0 Å². The minimum Gasteiger partial charge on any atom is -0.482 e. The molecule has 2 heterocycles. The number of aromatic nitrogens is 1. The molecule has 1 amide bonds. The summed E-state index contributed by atoms with van der Waals surface area (Å²) < 4.78 is 11.6. The van der Waals surface area contributed by atoms with E-state index in [-0.39, 0.29) is 12.0 Å². The number of amides is 1. The average Bonchev–Trinajstić information content (AvgIpc) is 3.10. The first-order chi connectivity index (χ1) is 13.1. The minimum absolute atomic E-state index is 0.256. The largest absolute Gasteiger partial charge is 0.482 e. The first-order valence-electron chi connectivity index (χ1n) is 8.82. The number of anilines is 1. The van der Waals surface area contributed by atoms with Crippen molar-refractivity contribution >= 4 is 22.4 Å². The van der Waals surface area contributed by atoms with E-state index in [4.69, 9.17) is 9.47 Å². The van der Waals surface area contributed by atoms with Crippen molar-refractivity contribution < 1.29 is 14.3 Å². The van der Waals surface area contributed by atoms with Gasteiger partial charge in [0.1, 0.15) is 6.10 Å². The number of aryl methyl sites for hydroxylation is 1. The summed E-state index contributed by atoms with van der Waals surface area (Å²) in [5.74, 6) is 0.979. The number of para-hydroxylation sites is 2. The quantitative estimate of drug-likeness (QED) is 0.737. The molecule has 2 aromatic carbocycles. The maximum absolute atomic E-state index is 12.7. The standard InChI is InChI=1S/C21H20N2O3S/c1-13-7-3-4-8-15(13)11-16-12-22-21(27-16)23-20(24)19-14(2)25-17-9-5-6-10-18(17)26-19/h3-10,12,14,19H,11H2,1-2H3,(H,22,23,24)/t14-,19-/m0/s1. The molecule has 4 rings (SSSR count). The third-order valence-electron chi connectivity index (χ3n) is 4.51. The van der Waals surface area contributed by atoms with Crippen molar-refractivity contribution in [3.8, 4) is 11.5 Å². The highest BCUT2D eigenvalue weighted by Crippen LogP contribution is 2.34. The zero-order valence-corrected chi connectivity index (χ0v) is 16.0. The summed E-state index contributed by atoms with van der Waals surface area (Å²) in [7, 11) is 0. The lowest BCUT2D eigenvalue weighted by molar-refractivity contribution is -0.128. The van der Waals surface area contributed by atoms with Crippen LogP contribution in [0, 0.1) is 6.92 Å². The summed E-state index contributed by atoms with van der Waals surface area (Å²) in [6.07, 6.45) is 1.51. The number of hydrogen-bond acceptors (Lipinski definition) is 5. The van der Waals surface area contributed by atoms with Crippen LogP contribution in [-0.4, -0.2) is 23.1 Å². The van der Waals surface area contributed by atoms with Crippen molar-refractivity contribution in [3.05, 3.63) is 70.7 Å². The molecule has 0 fully saturated rings. The summed E-state index contributed by atoms with van der Waals surface area (Å²) in [6.45, 7) is 3.92. The van der Waals surface area contributed by atoms with Gasteiger partial charge in [-0.2, -0.15) is 0 Å². The predicted octanol–water partition coefficient (Wildman–Crippen LogP) is 4.21. The van der Waals surface area contributed by atoms with Gasteiger partial charge < -0.3 is 9.47 Å². The maximum atomic E-state index is 12.7. The van der Waals surface area contributed by atoms with Gasteiger partial charge in [-0.05, 0) is 37.1 Å². The highest BCUT2D eigenvalue weighted by atomic mass is 32.1. The smallest absolute Gasteiger partial charge is 0.271 e. The second-order valence-corrected chi connectivity index (χ2v) is 7.65. The molecule has 1 aliphatic rings. The summed E-state index contributed by atoms with van der Waals surface area (Å²) in [4.78, 5) is 18.1. The molecule has 0 unspecified atom stereocenters. The van der Waals surface area contributed by atoms with Gasteiger partial charge in [0.25, 0.3) is 5.91 Å². The number of nitrogens with one attached hydrogen (secondary N) is 1. The number of benzene rings is 2. The Morgan fingerprint density at radius 3 is 2.59 bits per heavy atom. The molecule has 0 spiro atoms. The molecule has 0 saturated heterocycles. The number of hydrogen-bond donors (Lipinski definition) is 1. The Hall–Kier alpha value is -2.86. The molecule has 0 bridgehead atoms. The summed E-state index contributed by atoms with van der Waals surface area (Å²) >= 11 is 1.48. The van der Waals surface area contributed by atoms with Crippen molar-refractivity contribution in [2.24, 2.45) is 0 Å². The Morgan fingerprint density at radius 2 is 1.81 bits per heavy atom. The van der Waals surface area contributed by atoms with E-state index in [1.54, 1.807) is 6.07 Å². The van der Waals surface area contributed by atoms with Gasteiger partial charge in [0.05, 0.1) is 0 Å². The fourth-order valence-electron chi connectivity index (χ4n) is 3.03. The van der Waals surface area contributed by atoms with Crippen LogP contribution in [0.5, 0.6) is 11.5 Å². The molecule has 1 aromatic heterocycles. The normalized spacial score (nSPS) is 18.1. The van der Waals surface area contributed by atoms with E-state index < -0.39 is 6.10 Å². The van der Waals surface area contributed by atoms with Crippen LogP contribution in [-0.2, 0) is 11.2 Å². The molecule has 1 aliphatic heterocycles. The van der Waals surface area contributed by atoms with Crippen molar-refractivity contribution in [3.63, 3.8) is 0 Å². The fourth-order valence-corrected chi connectivity index (χ4v) is 3.86. The number of ether oxygens (including phenoxy) is 2. The van der Waals surface area contributed by atoms with Gasteiger partial charge in [-0.15, -0.1) is 11.3 Å². The molecule has 0 radical (unpaired) electrons. The van der Waals surface area contributed by atoms with Crippen LogP contribution in [0.25, 0.3) is 0 Å². The van der Waals surface area contributed by atoms with Crippen LogP contribution in [0.15, 0.2) is 54.7 Å². The van der Waals surface area contributed by atoms with E-state index in [1.165, 1.54) is 22.5 Å². The lowest BCUT2D eigenvalue weighted by atomic mass is 10.1. The van der Waals surface area contributed by atoms with Crippen LogP contribution < -0.4 is 14.8 Å². The van der Waals surface area contributed by atoms with E-state index in [0.717, 1.165) is 11.3 Å². The third kappa shape index (κ3) is 3.80. The monoisotopic (exact) mass is 380 g/mol. The topological polar surface area (TPSA) is 60.5 Å². The van der Waals surface area contributed by atoms with Crippen LogP contribution in [0.2, 0.25) is 0 Å². The molecule has 1 N–H and O–H groups in total. The third-order valence-corrected chi connectivity index (χ3v) is 5.42. The van der Waals surface area contributed by atoms with Crippen molar-refractivity contribution in [2.45, 2.75) is 32.5 Å². The van der Waals surface area contributed by atoms with Gasteiger partial charge in [0.15, 0.2) is 16.6 Å². The zero-order valence-electron chi connectivity index (χ0n) is 15.1. The summed E-state index contributed by atoms with van der Waals surface area (Å²) in [5, 5.41) is 3.42. The SMILES string of the molecule is Cc1ccccc1Cc1cnc(NC(=O)[C@H]2Oc3ccccc3O[C@H]2C)s1. The molecular weight excluding hydrogens is 360 g/mol. The van der Waals surface area contributed by atoms with E-state index in [9.17, 15) is 4.79 Å². The molecule has 6 heteroatoms. The number of fused-ring (bicyclic) bond motifs is 1. The highest BCUT2D eigenvalue weighted by Gasteiger charge is 2.34. The average molecular weight is 380 g/mol. The molecule has 138 valence electrons. The molecule has 2 atom stereocenters. The number of nitrogens with zero attached hydrogens (tertiary/aromatic N) is 1. The van der Waals surface area contributed by atoms with Crippen LogP contribution in [0.3, 0.4) is 0 Å². The fraction of sp³-hybridized carbons (Fsp3) is 0.238.